The molecule has 1 atom stereocenters. The van der Waals surface area contributed by atoms with E-state index in [1.54, 1.807) is 11.1 Å². The predicted octanol–water partition coefficient (Wildman–Crippen LogP) is 3.17. The number of carbonyl (C=O) groups is 1. The monoisotopic (exact) mass is 292 g/mol. The molecule has 1 aromatic rings. The first kappa shape index (κ1) is 15.6. The van der Waals surface area contributed by atoms with Crippen molar-refractivity contribution in [1.29, 1.82) is 0 Å². The second kappa shape index (κ2) is 6.33. The lowest BCUT2D eigenvalue weighted by molar-refractivity contribution is 0.00715. The van der Waals surface area contributed by atoms with E-state index in [2.05, 4.69) is 4.98 Å². The number of ether oxygens (including phenoxy) is 2. The molecule has 1 saturated heterocycles. The summed E-state index contributed by atoms with van der Waals surface area (Å²) in [7, 11) is 0. The third-order valence-corrected chi connectivity index (χ3v) is 3.27. The number of hydrogen-bond acceptors (Lipinski definition) is 4. The van der Waals surface area contributed by atoms with Crippen LogP contribution in [0.1, 0.15) is 39.2 Å². The smallest absolute Gasteiger partial charge is 0.410 e. The first-order valence-corrected chi connectivity index (χ1v) is 7.41. The molecule has 0 saturated carbocycles. The molecule has 0 radical (unpaired) electrons. The van der Waals surface area contributed by atoms with Gasteiger partial charge < -0.3 is 14.4 Å². The molecule has 0 aliphatic carbocycles. The number of carbonyl (C=O) groups excluding carboxylic acids is 1. The Balaban J connectivity index is 1.95. The molecule has 1 aliphatic rings. The second-order valence-electron chi connectivity index (χ2n) is 6.43. The molecule has 5 nitrogen and oxygen atoms in total. The maximum Gasteiger partial charge on any atom is 0.410 e. The van der Waals surface area contributed by atoms with Crippen molar-refractivity contribution in [3.05, 3.63) is 23.9 Å². The maximum atomic E-state index is 12.1. The van der Waals surface area contributed by atoms with Crippen LogP contribution < -0.4 is 4.74 Å². The standard InChI is InChI=1S/C16H24N2O3/c1-12-7-5-9-17-14(12)20-13-8-6-10-18(11-13)15(19)21-16(2,3)4/h5,7,9,13H,6,8,10-11H2,1-4H3/t13-/m1/s1. The Labute approximate surface area is 126 Å². The van der Waals surface area contributed by atoms with E-state index in [0.717, 1.165) is 24.9 Å². The van der Waals surface area contributed by atoms with Gasteiger partial charge in [0.05, 0.1) is 6.54 Å². The van der Waals surface area contributed by atoms with E-state index >= 15 is 0 Å². The zero-order valence-corrected chi connectivity index (χ0v) is 13.3. The molecule has 2 heterocycles. The van der Waals surface area contributed by atoms with Crippen LogP contribution in [0.2, 0.25) is 0 Å². The van der Waals surface area contributed by atoms with Crippen LogP contribution in [0.25, 0.3) is 0 Å². The zero-order chi connectivity index (χ0) is 15.5. The van der Waals surface area contributed by atoms with E-state index in [4.69, 9.17) is 9.47 Å². The van der Waals surface area contributed by atoms with Gasteiger partial charge in [0, 0.05) is 18.3 Å². The summed E-state index contributed by atoms with van der Waals surface area (Å²) in [5.41, 5.74) is 0.537. The number of piperidine rings is 1. The van der Waals surface area contributed by atoms with Gasteiger partial charge in [-0.05, 0) is 46.6 Å². The largest absolute Gasteiger partial charge is 0.472 e. The molecule has 0 unspecified atom stereocenters. The molecule has 1 amide bonds. The highest BCUT2D eigenvalue weighted by atomic mass is 16.6. The number of aromatic nitrogens is 1. The topological polar surface area (TPSA) is 51.7 Å². The summed E-state index contributed by atoms with van der Waals surface area (Å²) in [6, 6.07) is 3.85. The van der Waals surface area contributed by atoms with Gasteiger partial charge in [-0.3, -0.25) is 0 Å². The van der Waals surface area contributed by atoms with Crippen LogP contribution in [0.5, 0.6) is 5.88 Å². The van der Waals surface area contributed by atoms with Gasteiger partial charge in [-0.1, -0.05) is 6.07 Å². The van der Waals surface area contributed by atoms with Gasteiger partial charge in [0.15, 0.2) is 0 Å². The normalized spacial score (nSPS) is 19.2. The van der Waals surface area contributed by atoms with E-state index in [1.165, 1.54) is 0 Å². The first-order chi connectivity index (χ1) is 9.85. The second-order valence-corrected chi connectivity index (χ2v) is 6.43. The molecule has 0 aromatic carbocycles. The van der Waals surface area contributed by atoms with Crippen molar-refractivity contribution < 1.29 is 14.3 Å². The van der Waals surface area contributed by atoms with E-state index in [0.29, 0.717) is 12.4 Å². The highest BCUT2D eigenvalue weighted by Gasteiger charge is 2.28. The zero-order valence-electron chi connectivity index (χ0n) is 13.3. The average Bonchev–Trinajstić information content (AvgIpc) is 2.40. The molecule has 21 heavy (non-hydrogen) atoms. The van der Waals surface area contributed by atoms with Gasteiger partial charge in [-0.15, -0.1) is 0 Å². The third-order valence-electron chi connectivity index (χ3n) is 3.27. The van der Waals surface area contributed by atoms with Crippen molar-refractivity contribution in [2.45, 2.75) is 52.2 Å². The number of nitrogens with zero attached hydrogens (tertiary/aromatic N) is 2. The van der Waals surface area contributed by atoms with Crippen LogP contribution in [-0.2, 0) is 4.74 Å². The summed E-state index contributed by atoms with van der Waals surface area (Å²) in [5, 5.41) is 0. The minimum atomic E-state index is -0.470. The van der Waals surface area contributed by atoms with Gasteiger partial charge in [0.1, 0.15) is 11.7 Å². The minimum Gasteiger partial charge on any atom is -0.472 e. The van der Waals surface area contributed by atoms with E-state index in [-0.39, 0.29) is 12.2 Å². The van der Waals surface area contributed by atoms with Gasteiger partial charge in [0.25, 0.3) is 0 Å². The first-order valence-electron chi connectivity index (χ1n) is 7.41. The number of amides is 1. The van der Waals surface area contributed by atoms with Crippen LogP contribution >= 0.6 is 0 Å². The Morgan fingerprint density at radius 3 is 2.86 bits per heavy atom. The summed E-state index contributed by atoms with van der Waals surface area (Å²) in [6.45, 7) is 8.86. The fourth-order valence-electron chi connectivity index (χ4n) is 2.28. The molecule has 1 aromatic heterocycles. The van der Waals surface area contributed by atoms with Gasteiger partial charge in [-0.2, -0.15) is 0 Å². The highest BCUT2D eigenvalue weighted by Crippen LogP contribution is 2.21. The third kappa shape index (κ3) is 4.62. The molecule has 0 bridgehead atoms. The van der Waals surface area contributed by atoms with Crippen molar-refractivity contribution in [2.75, 3.05) is 13.1 Å². The van der Waals surface area contributed by atoms with Crippen LogP contribution in [0.4, 0.5) is 4.79 Å². The molecule has 1 aliphatic heterocycles. The van der Waals surface area contributed by atoms with Crippen LogP contribution in [0, 0.1) is 6.92 Å². The van der Waals surface area contributed by atoms with Crippen LogP contribution in [-0.4, -0.2) is 40.8 Å². The average molecular weight is 292 g/mol. The minimum absolute atomic E-state index is 0.0279. The Kier molecular flexibility index (Phi) is 4.70. The summed E-state index contributed by atoms with van der Waals surface area (Å²) in [6.07, 6.45) is 3.26. The molecule has 116 valence electrons. The Bertz CT molecular complexity index is 497. The fraction of sp³-hybridized carbons (Fsp3) is 0.625. The van der Waals surface area contributed by atoms with Gasteiger partial charge in [-0.25, -0.2) is 9.78 Å². The molecule has 2 rings (SSSR count). The molecular formula is C16H24N2O3. The van der Waals surface area contributed by atoms with Crippen LogP contribution in [0.15, 0.2) is 18.3 Å². The lowest BCUT2D eigenvalue weighted by Gasteiger charge is -2.34. The van der Waals surface area contributed by atoms with Crippen molar-refractivity contribution >= 4 is 6.09 Å². The van der Waals surface area contributed by atoms with Crippen molar-refractivity contribution in [2.24, 2.45) is 0 Å². The van der Waals surface area contributed by atoms with E-state index in [9.17, 15) is 4.79 Å². The molecule has 5 heteroatoms. The van der Waals surface area contributed by atoms with E-state index < -0.39 is 5.60 Å². The summed E-state index contributed by atoms with van der Waals surface area (Å²) in [5.74, 6) is 0.647. The van der Waals surface area contributed by atoms with Gasteiger partial charge >= 0.3 is 6.09 Å². The maximum absolute atomic E-state index is 12.1. The quantitative estimate of drug-likeness (QED) is 0.840. The Morgan fingerprint density at radius 1 is 1.43 bits per heavy atom. The van der Waals surface area contributed by atoms with Gasteiger partial charge in [0.2, 0.25) is 5.88 Å². The fourth-order valence-corrected chi connectivity index (χ4v) is 2.28. The number of likely N-dealkylation sites (tertiary alicyclic amines) is 1. The highest BCUT2D eigenvalue weighted by molar-refractivity contribution is 5.68. The molecule has 0 spiro atoms. The number of rotatable bonds is 2. The predicted molar refractivity (Wildman–Crippen MR) is 80.4 cm³/mol. The van der Waals surface area contributed by atoms with Crippen molar-refractivity contribution in [1.82, 2.24) is 9.88 Å². The number of aryl methyl sites for hydroxylation is 1. The van der Waals surface area contributed by atoms with Crippen molar-refractivity contribution in [3.63, 3.8) is 0 Å². The summed E-state index contributed by atoms with van der Waals surface area (Å²) >= 11 is 0. The molecule has 0 N–H and O–H groups in total. The number of pyridine rings is 1. The lowest BCUT2D eigenvalue weighted by Crippen LogP contribution is -2.46. The number of hydrogen-bond donors (Lipinski definition) is 0. The molecular weight excluding hydrogens is 268 g/mol. The Morgan fingerprint density at radius 2 is 2.19 bits per heavy atom. The molecule has 1 fully saturated rings. The lowest BCUT2D eigenvalue weighted by atomic mass is 10.1. The summed E-state index contributed by atoms with van der Waals surface area (Å²) < 4.78 is 11.4. The van der Waals surface area contributed by atoms with Crippen molar-refractivity contribution in [3.8, 4) is 5.88 Å². The van der Waals surface area contributed by atoms with Crippen LogP contribution in [0.3, 0.4) is 0 Å². The Hall–Kier alpha value is -1.78. The van der Waals surface area contributed by atoms with E-state index in [1.807, 2.05) is 39.8 Å². The summed E-state index contributed by atoms with van der Waals surface area (Å²) in [4.78, 5) is 18.1. The SMILES string of the molecule is Cc1cccnc1O[C@@H]1CCCN(C(=O)OC(C)(C)C)C1.